The Morgan fingerprint density at radius 3 is 2.30 bits per heavy atom. The number of H-pyrrole nitrogens is 1. The third-order valence-corrected chi connectivity index (χ3v) is 3.20. The summed E-state index contributed by atoms with van der Waals surface area (Å²) >= 11 is 2.96. The zero-order valence-corrected chi connectivity index (χ0v) is 11.5. The summed E-state index contributed by atoms with van der Waals surface area (Å²) in [6.45, 7) is -1.42. The molecule has 3 N–H and O–H groups in total. The Balaban J connectivity index is 3.31. The van der Waals surface area contributed by atoms with Gasteiger partial charge in [-0.25, -0.2) is 4.79 Å². The molecule has 112 valence electrons. The minimum absolute atomic E-state index is 0.108. The van der Waals surface area contributed by atoms with Crippen molar-refractivity contribution in [2.75, 3.05) is 13.2 Å². The Bertz CT molecular complexity index is 627. The molecule has 0 fully saturated rings. The van der Waals surface area contributed by atoms with Gasteiger partial charge in [0.15, 0.2) is 0 Å². The van der Waals surface area contributed by atoms with Gasteiger partial charge >= 0.3 is 11.9 Å². The molecule has 0 aliphatic rings. The maximum atomic E-state index is 12.5. The Hall–Kier alpha value is -1.39. The van der Waals surface area contributed by atoms with Crippen molar-refractivity contribution in [1.29, 1.82) is 0 Å². The average Bonchev–Trinajstić information content (AvgIpc) is 2.32. The lowest BCUT2D eigenvalue weighted by atomic mass is 10.2. The zero-order chi connectivity index (χ0) is 15.5. The highest BCUT2D eigenvalue weighted by Crippen LogP contribution is 2.25. The molecule has 0 aliphatic heterocycles. The van der Waals surface area contributed by atoms with Crippen LogP contribution in [0.15, 0.2) is 25.8 Å². The number of hydrogen-bond donors (Lipinski definition) is 3. The van der Waals surface area contributed by atoms with Gasteiger partial charge in [0.05, 0.1) is 19.8 Å². The molecule has 0 atom stereocenters. The molecule has 0 radical (unpaired) electrons. The second-order valence-electron chi connectivity index (χ2n) is 3.75. The van der Waals surface area contributed by atoms with Crippen molar-refractivity contribution in [1.82, 2.24) is 9.55 Å². The normalized spacial score (nSPS) is 11.5. The molecule has 1 heterocycles. The standard InChI is InChI=1S/C10H10BrF3N2O4/c11-7(5(3-17)4-18)2-16-1-6(10(12,13)14)8(19)15-9(16)20/h1,17-18H,2-4H2,(H,15,19,20). The van der Waals surface area contributed by atoms with Gasteiger partial charge in [0.1, 0.15) is 5.56 Å². The number of alkyl halides is 3. The van der Waals surface area contributed by atoms with Gasteiger partial charge in [0.2, 0.25) is 0 Å². The second kappa shape index (κ2) is 6.37. The van der Waals surface area contributed by atoms with Gasteiger partial charge in [-0.15, -0.1) is 0 Å². The number of nitrogens with one attached hydrogen (secondary N) is 1. The highest BCUT2D eigenvalue weighted by Gasteiger charge is 2.34. The molecule has 0 amide bonds. The van der Waals surface area contributed by atoms with E-state index < -0.39 is 36.2 Å². The van der Waals surface area contributed by atoms with E-state index in [0.29, 0.717) is 10.8 Å². The molecular formula is C10H10BrF3N2O4. The van der Waals surface area contributed by atoms with Crippen LogP contribution in [0.25, 0.3) is 0 Å². The molecule has 0 bridgehead atoms. The lowest BCUT2D eigenvalue weighted by Crippen LogP contribution is -2.34. The van der Waals surface area contributed by atoms with Gasteiger partial charge in [0.25, 0.3) is 5.56 Å². The van der Waals surface area contributed by atoms with Crippen molar-refractivity contribution < 1.29 is 23.4 Å². The fourth-order valence-corrected chi connectivity index (χ4v) is 1.83. The van der Waals surface area contributed by atoms with Gasteiger partial charge in [-0.1, -0.05) is 15.9 Å². The molecule has 10 heteroatoms. The molecule has 0 spiro atoms. The van der Waals surface area contributed by atoms with Crippen LogP contribution in [0.1, 0.15) is 5.56 Å². The van der Waals surface area contributed by atoms with Gasteiger partial charge in [-0.3, -0.25) is 14.3 Å². The predicted octanol–water partition coefficient (Wildman–Crippen LogP) is 0.189. The smallest absolute Gasteiger partial charge is 0.392 e. The van der Waals surface area contributed by atoms with Crippen LogP contribution in [-0.2, 0) is 12.7 Å². The molecule has 1 aromatic rings. The zero-order valence-electron chi connectivity index (χ0n) is 9.87. The molecule has 1 rings (SSSR count). The third kappa shape index (κ3) is 3.81. The van der Waals surface area contributed by atoms with E-state index >= 15 is 0 Å². The average molecular weight is 359 g/mol. The largest absolute Gasteiger partial charge is 0.423 e. The topological polar surface area (TPSA) is 95.3 Å². The molecule has 0 aromatic carbocycles. The Kier molecular flexibility index (Phi) is 5.31. The van der Waals surface area contributed by atoms with Crippen molar-refractivity contribution in [3.8, 4) is 0 Å². The first-order valence-electron chi connectivity index (χ1n) is 5.19. The molecule has 0 saturated carbocycles. The fourth-order valence-electron chi connectivity index (χ4n) is 1.31. The summed E-state index contributed by atoms with van der Waals surface area (Å²) in [4.78, 5) is 24.1. The maximum absolute atomic E-state index is 12.5. The Morgan fingerprint density at radius 2 is 1.85 bits per heavy atom. The number of nitrogens with zero attached hydrogens (tertiary/aromatic N) is 1. The minimum atomic E-state index is -4.89. The Morgan fingerprint density at radius 1 is 1.30 bits per heavy atom. The summed E-state index contributed by atoms with van der Waals surface area (Å²) in [5.74, 6) is 0. The van der Waals surface area contributed by atoms with Gasteiger partial charge in [0, 0.05) is 10.7 Å². The van der Waals surface area contributed by atoms with E-state index in [1.807, 2.05) is 0 Å². The quantitative estimate of drug-likeness (QED) is 0.715. The number of aromatic amines is 1. The summed E-state index contributed by atoms with van der Waals surface area (Å²) in [5, 5.41) is 17.8. The molecule has 0 unspecified atom stereocenters. The van der Waals surface area contributed by atoms with Crippen LogP contribution in [0.2, 0.25) is 0 Å². The van der Waals surface area contributed by atoms with Crippen LogP contribution < -0.4 is 11.2 Å². The van der Waals surface area contributed by atoms with Gasteiger partial charge in [-0.2, -0.15) is 13.2 Å². The minimum Gasteiger partial charge on any atom is -0.392 e. The van der Waals surface area contributed by atoms with Crippen molar-refractivity contribution in [3.05, 3.63) is 42.7 Å². The Labute approximate surface area is 118 Å². The van der Waals surface area contributed by atoms with E-state index in [2.05, 4.69) is 15.9 Å². The number of allylic oxidation sites excluding steroid dienone is 1. The van der Waals surface area contributed by atoms with Crippen molar-refractivity contribution >= 4 is 15.9 Å². The molecule has 6 nitrogen and oxygen atoms in total. The lowest BCUT2D eigenvalue weighted by molar-refractivity contribution is -0.139. The number of aliphatic hydroxyl groups excluding tert-OH is 2. The summed E-state index contributed by atoms with van der Waals surface area (Å²) < 4.78 is 38.4. The van der Waals surface area contributed by atoms with E-state index in [-0.39, 0.29) is 16.6 Å². The highest BCUT2D eigenvalue weighted by molar-refractivity contribution is 9.11. The molecule has 0 aliphatic carbocycles. The van der Waals surface area contributed by atoms with E-state index in [0.717, 1.165) is 0 Å². The fraction of sp³-hybridized carbons (Fsp3) is 0.400. The van der Waals surface area contributed by atoms with E-state index in [1.54, 1.807) is 4.98 Å². The third-order valence-electron chi connectivity index (χ3n) is 2.39. The lowest BCUT2D eigenvalue weighted by Gasteiger charge is -2.11. The first-order valence-corrected chi connectivity index (χ1v) is 5.99. The molecular weight excluding hydrogens is 349 g/mol. The number of hydrogen-bond acceptors (Lipinski definition) is 4. The summed E-state index contributed by atoms with van der Waals surface area (Å²) in [6.07, 6.45) is -4.51. The molecule has 20 heavy (non-hydrogen) atoms. The number of aromatic nitrogens is 2. The summed E-state index contributed by atoms with van der Waals surface area (Å²) in [6, 6.07) is 0. The van der Waals surface area contributed by atoms with Gasteiger partial charge in [-0.05, 0) is 5.57 Å². The van der Waals surface area contributed by atoms with E-state index in [1.165, 1.54) is 0 Å². The van der Waals surface area contributed by atoms with Crippen LogP contribution in [-0.4, -0.2) is 33.0 Å². The van der Waals surface area contributed by atoms with E-state index in [9.17, 15) is 22.8 Å². The SMILES string of the molecule is O=c1[nH]c(=O)n(CC(Br)=C(CO)CO)cc1C(F)(F)F. The van der Waals surface area contributed by atoms with Crippen LogP contribution in [0.5, 0.6) is 0 Å². The predicted molar refractivity (Wildman–Crippen MR) is 66.4 cm³/mol. The second-order valence-corrected chi connectivity index (χ2v) is 4.71. The molecule has 1 aromatic heterocycles. The van der Waals surface area contributed by atoms with Crippen LogP contribution in [0.3, 0.4) is 0 Å². The van der Waals surface area contributed by atoms with Crippen LogP contribution in [0.4, 0.5) is 13.2 Å². The highest BCUT2D eigenvalue weighted by atomic mass is 79.9. The van der Waals surface area contributed by atoms with Crippen LogP contribution >= 0.6 is 15.9 Å². The summed E-state index contributed by atoms with van der Waals surface area (Å²) in [5.41, 5.74) is -3.96. The van der Waals surface area contributed by atoms with Crippen molar-refractivity contribution in [2.24, 2.45) is 0 Å². The number of aliphatic hydroxyl groups is 2. The first kappa shape index (κ1) is 16.7. The maximum Gasteiger partial charge on any atom is 0.423 e. The number of halogens is 4. The van der Waals surface area contributed by atoms with Gasteiger partial charge < -0.3 is 10.2 Å². The van der Waals surface area contributed by atoms with Crippen molar-refractivity contribution in [3.63, 3.8) is 0 Å². The first-order chi connectivity index (χ1) is 9.20. The van der Waals surface area contributed by atoms with Crippen LogP contribution in [0, 0.1) is 0 Å². The monoisotopic (exact) mass is 358 g/mol. The number of rotatable bonds is 4. The summed E-state index contributed by atoms with van der Waals surface area (Å²) in [7, 11) is 0. The van der Waals surface area contributed by atoms with Crippen molar-refractivity contribution in [2.45, 2.75) is 12.7 Å². The van der Waals surface area contributed by atoms with E-state index in [4.69, 9.17) is 10.2 Å². The molecule has 0 saturated heterocycles.